The zero-order valence-electron chi connectivity index (χ0n) is 12.5. The van der Waals surface area contributed by atoms with Crippen LogP contribution in [0.3, 0.4) is 0 Å². The highest BCUT2D eigenvalue weighted by molar-refractivity contribution is 7.84. The van der Waals surface area contributed by atoms with Crippen LogP contribution in [0.2, 0.25) is 0 Å². The Hall–Kier alpha value is -1.68. The molecule has 0 radical (unpaired) electrons. The van der Waals surface area contributed by atoms with Gasteiger partial charge in [0.15, 0.2) is 0 Å². The van der Waals surface area contributed by atoms with Crippen LogP contribution in [0.15, 0.2) is 47.4 Å². The Labute approximate surface area is 127 Å². The minimum Gasteiger partial charge on any atom is -0.398 e. The molecule has 2 rings (SSSR count). The smallest absolute Gasteiger partial charge is 0.124 e. The molecule has 2 nitrogen and oxygen atoms in total. The summed E-state index contributed by atoms with van der Waals surface area (Å²) in [5.41, 5.74) is 8.39. The van der Waals surface area contributed by atoms with Gasteiger partial charge in [-0.1, -0.05) is 45.0 Å². The van der Waals surface area contributed by atoms with Crippen LogP contribution in [0.25, 0.3) is 0 Å². The van der Waals surface area contributed by atoms with Crippen LogP contribution < -0.4 is 5.73 Å². The first-order valence-corrected chi connectivity index (χ1v) is 8.12. The molecule has 0 spiro atoms. The monoisotopic (exact) mass is 305 g/mol. The summed E-state index contributed by atoms with van der Waals surface area (Å²) in [6, 6.07) is 12.0. The second-order valence-electron chi connectivity index (χ2n) is 6.12. The van der Waals surface area contributed by atoms with Crippen molar-refractivity contribution in [3.8, 4) is 0 Å². The Bertz CT molecular complexity index is 659. The molecule has 2 N–H and O–H groups in total. The first-order chi connectivity index (χ1) is 9.77. The van der Waals surface area contributed by atoms with Crippen molar-refractivity contribution < 1.29 is 8.60 Å². The number of anilines is 1. The highest BCUT2D eigenvalue weighted by Crippen LogP contribution is 2.24. The summed E-state index contributed by atoms with van der Waals surface area (Å²) >= 11 is 0. The van der Waals surface area contributed by atoms with E-state index in [1.54, 1.807) is 0 Å². The number of benzene rings is 2. The van der Waals surface area contributed by atoms with E-state index in [0.29, 0.717) is 16.3 Å². The Morgan fingerprint density at radius 2 is 1.71 bits per heavy atom. The number of hydrogen-bond donors (Lipinski definition) is 1. The van der Waals surface area contributed by atoms with Gasteiger partial charge < -0.3 is 5.73 Å². The molecule has 0 aromatic heterocycles. The van der Waals surface area contributed by atoms with Gasteiger partial charge in [0, 0.05) is 5.69 Å². The third-order valence-electron chi connectivity index (χ3n) is 3.34. The Balaban J connectivity index is 2.18. The van der Waals surface area contributed by atoms with Gasteiger partial charge in [-0.15, -0.1) is 0 Å². The van der Waals surface area contributed by atoms with Gasteiger partial charge in [-0.05, 0) is 34.7 Å². The van der Waals surface area contributed by atoms with Gasteiger partial charge in [0.1, 0.15) is 5.82 Å². The molecule has 21 heavy (non-hydrogen) atoms. The van der Waals surface area contributed by atoms with Crippen LogP contribution in [0.4, 0.5) is 10.1 Å². The van der Waals surface area contributed by atoms with Crippen molar-refractivity contribution in [1.82, 2.24) is 0 Å². The third kappa shape index (κ3) is 3.91. The lowest BCUT2D eigenvalue weighted by molar-refractivity contribution is 0.590. The predicted octanol–water partition coefficient (Wildman–Crippen LogP) is 4.01. The minimum absolute atomic E-state index is 0.0880. The molecule has 0 amide bonds. The van der Waals surface area contributed by atoms with E-state index in [1.807, 2.05) is 24.3 Å². The largest absolute Gasteiger partial charge is 0.398 e. The summed E-state index contributed by atoms with van der Waals surface area (Å²) in [5, 5.41) is 0. The second-order valence-corrected chi connectivity index (χ2v) is 7.54. The van der Waals surface area contributed by atoms with Crippen LogP contribution in [0.1, 0.15) is 31.9 Å². The fourth-order valence-corrected chi connectivity index (χ4v) is 3.26. The van der Waals surface area contributed by atoms with Crippen LogP contribution >= 0.6 is 0 Å². The van der Waals surface area contributed by atoms with Crippen LogP contribution in [-0.4, -0.2) is 4.21 Å². The number of halogens is 1. The lowest BCUT2D eigenvalue weighted by atomic mass is 9.87. The summed E-state index contributed by atoms with van der Waals surface area (Å²) in [6.07, 6.45) is 0. The second kappa shape index (κ2) is 5.98. The van der Waals surface area contributed by atoms with Gasteiger partial charge >= 0.3 is 0 Å². The fraction of sp³-hybridized carbons (Fsp3) is 0.294. The molecule has 1 unspecified atom stereocenters. The van der Waals surface area contributed by atoms with Crippen molar-refractivity contribution in [2.24, 2.45) is 0 Å². The lowest BCUT2D eigenvalue weighted by Crippen LogP contribution is -2.10. The summed E-state index contributed by atoms with van der Waals surface area (Å²) < 4.78 is 25.6. The van der Waals surface area contributed by atoms with E-state index in [0.717, 1.165) is 5.56 Å². The van der Waals surface area contributed by atoms with Gasteiger partial charge in [-0.2, -0.15) is 0 Å². The molecule has 0 aliphatic rings. The van der Waals surface area contributed by atoms with E-state index in [9.17, 15) is 8.60 Å². The quantitative estimate of drug-likeness (QED) is 0.871. The number of hydrogen-bond acceptors (Lipinski definition) is 2. The SMILES string of the molecule is CC(C)(C)c1ccc(CS(=O)c2cc(F)ccc2N)cc1. The van der Waals surface area contributed by atoms with Gasteiger partial charge in [0.05, 0.1) is 21.4 Å². The van der Waals surface area contributed by atoms with Gasteiger partial charge in [0.2, 0.25) is 0 Å². The molecule has 112 valence electrons. The molecule has 0 aliphatic carbocycles. The standard InChI is InChI=1S/C17H20FNOS/c1-17(2,3)13-6-4-12(5-7-13)11-21(20)16-10-14(18)8-9-15(16)19/h4-10H,11,19H2,1-3H3. The first kappa shape index (κ1) is 15.7. The van der Waals surface area contributed by atoms with E-state index < -0.39 is 16.6 Å². The Morgan fingerprint density at radius 1 is 1.10 bits per heavy atom. The molecule has 0 saturated heterocycles. The average molecular weight is 305 g/mol. The molecule has 4 heteroatoms. The van der Waals surface area contributed by atoms with E-state index in [2.05, 4.69) is 20.8 Å². The zero-order chi connectivity index (χ0) is 15.6. The van der Waals surface area contributed by atoms with Crippen molar-refractivity contribution in [3.63, 3.8) is 0 Å². The normalized spacial score (nSPS) is 13.1. The summed E-state index contributed by atoms with van der Waals surface area (Å²) in [6.45, 7) is 6.44. The van der Waals surface area contributed by atoms with Crippen LogP contribution in [-0.2, 0) is 22.0 Å². The van der Waals surface area contributed by atoms with E-state index in [1.165, 1.54) is 23.8 Å². The van der Waals surface area contributed by atoms with Crippen molar-refractivity contribution in [3.05, 3.63) is 59.4 Å². The maximum Gasteiger partial charge on any atom is 0.124 e. The van der Waals surface area contributed by atoms with Crippen molar-refractivity contribution >= 4 is 16.5 Å². The Morgan fingerprint density at radius 3 is 2.29 bits per heavy atom. The Kier molecular flexibility index (Phi) is 4.47. The van der Waals surface area contributed by atoms with Crippen LogP contribution in [0, 0.1) is 5.82 Å². The predicted molar refractivity (Wildman–Crippen MR) is 86.1 cm³/mol. The van der Waals surface area contributed by atoms with Gasteiger partial charge in [0.25, 0.3) is 0 Å². The van der Waals surface area contributed by atoms with Crippen molar-refractivity contribution in [2.75, 3.05) is 5.73 Å². The molecular formula is C17H20FNOS. The van der Waals surface area contributed by atoms with E-state index >= 15 is 0 Å². The van der Waals surface area contributed by atoms with Gasteiger partial charge in [-0.3, -0.25) is 4.21 Å². The molecule has 1 atom stereocenters. The molecule has 0 fully saturated rings. The van der Waals surface area contributed by atoms with Crippen molar-refractivity contribution in [1.29, 1.82) is 0 Å². The van der Waals surface area contributed by atoms with E-state index in [4.69, 9.17) is 5.73 Å². The molecule has 0 aliphatic heterocycles. The highest BCUT2D eigenvalue weighted by Gasteiger charge is 2.14. The van der Waals surface area contributed by atoms with E-state index in [-0.39, 0.29) is 5.41 Å². The summed E-state index contributed by atoms with van der Waals surface area (Å²) in [7, 11) is -1.35. The topological polar surface area (TPSA) is 43.1 Å². The number of nitrogen functional groups attached to an aromatic ring is 1. The maximum absolute atomic E-state index is 13.2. The molecule has 0 bridgehead atoms. The van der Waals surface area contributed by atoms with Crippen molar-refractivity contribution in [2.45, 2.75) is 36.8 Å². The average Bonchev–Trinajstić information content (AvgIpc) is 2.41. The minimum atomic E-state index is -1.35. The molecule has 0 heterocycles. The molecule has 0 saturated carbocycles. The van der Waals surface area contributed by atoms with Gasteiger partial charge in [-0.25, -0.2) is 4.39 Å². The molecular weight excluding hydrogens is 285 g/mol. The summed E-state index contributed by atoms with van der Waals surface area (Å²) in [4.78, 5) is 0.356. The first-order valence-electron chi connectivity index (χ1n) is 6.80. The number of nitrogens with two attached hydrogens (primary N) is 1. The number of rotatable bonds is 3. The maximum atomic E-state index is 13.2. The highest BCUT2D eigenvalue weighted by atomic mass is 32.2. The molecule has 2 aromatic carbocycles. The molecule has 2 aromatic rings. The zero-order valence-corrected chi connectivity index (χ0v) is 13.3. The lowest BCUT2D eigenvalue weighted by Gasteiger charge is -2.19. The third-order valence-corrected chi connectivity index (χ3v) is 4.78. The fourth-order valence-electron chi connectivity index (χ4n) is 2.04. The van der Waals surface area contributed by atoms with Crippen LogP contribution in [0.5, 0.6) is 0 Å². The summed E-state index contributed by atoms with van der Waals surface area (Å²) in [5.74, 6) is -0.0893.